The maximum Gasteiger partial charge on any atom is 0.227 e. The normalized spacial score (nSPS) is 12.1. The van der Waals surface area contributed by atoms with Crippen molar-refractivity contribution in [2.75, 3.05) is 20.8 Å². The quantitative estimate of drug-likeness (QED) is 0.401. The van der Waals surface area contributed by atoms with Gasteiger partial charge < -0.3 is 14.2 Å². The Morgan fingerprint density at radius 3 is 2.33 bits per heavy atom. The van der Waals surface area contributed by atoms with Crippen LogP contribution in [0.15, 0.2) is 52.4 Å². The Kier molecular flexibility index (Phi) is 7.44. The van der Waals surface area contributed by atoms with E-state index in [2.05, 4.69) is 17.2 Å². The second-order valence-corrected chi connectivity index (χ2v) is 10.0. The van der Waals surface area contributed by atoms with Crippen molar-refractivity contribution in [3.63, 3.8) is 0 Å². The molecule has 33 heavy (non-hydrogen) atoms. The highest BCUT2D eigenvalue weighted by atomic mass is 32.2. The largest absolute Gasteiger partial charge is 0.497 e. The van der Waals surface area contributed by atoms with E-state index in [0.717, 1.165) is 18.4 Å². The second kappa shape index (κ2) is 9.93. The number of nitrogens with zero attached hydrogens (tertiary/aromatic N) is 3. The third-order valence-corrected chi connectivity index (χ3v) is 7.32. The molecule has 1 heterocycles. The number of ether oxygens (including phenoxy) is 3. The molecule has 0 saturated heterocycles. The number of unbranched alkanes of at least 4 members (excludes halogenated alkanes) is 1. The van der Waals surface area contributed by atoms with Gasteiger partial charge in [0.25, 0.3) is 0 Å². The number of methoxy groups -OCH3 is 2. The summed E-state index contributed by atoms with van der Waals surface area (Å²) in [6, 6.07) is 11.9. The summed E-state index contributed by atoms with van der Waals surface area (Å²) in [6.07, 6.45) is 2.03. The van der Waals surface area contributed by atoms with Crippen LogP contribution in [-0.2, 0) is 20.2 Å². The molecule has 8 nitrogen and oxygen atoms in total. The molecule has 0 unspecified atom stereocenters. The Morgan fingerprint density at radius 2 is 1.73 bits per heavy atom. The van der Waals surface area contributed by atoms with Gasteiger partial charge in [0.05, 0.1) is 30.4 Å². The lowest BCUT2D eigenvalue weighted by molar-refractivity contribution is -0.0229. The Bertz CT molecular complexity index is 1200. The lowest BCUT2D eigenvalue weighted by Gasteiger charge is -2.26. The first-order chi connectivity index (χ1) is 15.7. The van der Waals surface area contributed by atoms with Crippen molar-refractivity contribution < 1.29 is 22.6 Å². The molecule has 9 heteroatoms. The van der Waals surface area contributed by atoms with E-state index in [1.54, 1.807) is 56.5 Å². The third kappa shape index (κ3) is 5.04. The average molecular weight is 474 g/mol. The van der Waals surface area contributed by atoms with Crippen LogP contribution < -0.4 is 9.47 Å². The molecule has 0 N–H and O–H groups in total. The van der Waals surface area contributed by atoms with Crippen LogP contribution in [0.2, 0.25) is 0 Å². The first-order valence-corrected chi connectivity index (χ1v) is 12.3. The van der Waals surface area contributed by atoms with Gasteiger partial charge in [-0.05, 0) is 57.0 Å². The van der Waals surface area contributed by atoms with E-state index in [1.165, 1.54) is 11.8 Å². The Labute approximate surface area is 195 Å². The minimum atomic E-state index is -3.88. The maximum atomic E-state index is 13.3. The maximum absolute atomic E-state index is 13.3. The lowest BCUT2D eigenvalue weighted by Crippen LogP contribution is -2.22. The number of hydrogen-bond acceptors (Lipinski definition) is 7. The molecule has 0 aliphatic rings. The Hall–Kier alpha value is -2.91. The predicted molar refractivity (Wildman–Crippen MR) is 125 cm³/mol. The molecule has 0 radical (unpaired) electrons. The molecule has 0 bridgehead atoms. The molecule has 0 atom stereocenters. The lowest BCUT2D eigenvalue weighted by atomic mass is 9.98. The summed E-state index contributed by atoms with van der Waals surface area (Å²) in [7, 11) is -0.800. The van der Waals surface area contributed by atoms with Gasteiger partial charge in [-0.25, -0.2) is 13.1 Å². The highest BCUT2D eigenvalue weighted by Gasteiger charge is 2.28. The highest BCUT2D eigenvalue weighted by Crippen LogP contribution is 2.31. The highest BCUT2D eigenvalue weighted by molar-refractivity contribution is 7.91. The molecule has 1 aromatic heterocycles. The van der Waals surface area contributed by atoms with Crippen molar-refractivity contribution in [2.45, 2.75) is 56.1 Å². The summed E-state index contributed by atoms with van der Waals surface area (Å²) >= 11 is 0. The summed E-state index contributed by atoms with van der Waals surface area (Å²) in [6.45, 7) is 8.37. The average Bonchev–Trinajstić information content (AvgIpc) is 3.20. The zero-order valence-corrected chi connectivity index (χ0v) is 20.8. The summed E-state index contributed by atoms with van der Waals surface area (Å²) in [5.41, 5.74) is 1.29. The van der Waals surface area contributed by atoms with E-state index in [9.17, 15) is 8.42 Å². The van der Waals surface area contributed by atoms with E-state index in [-0.39, 0.29) is 9.92 Å². The fraction of sp³-hybridized carbons (Fsp3) is 0.417. The molecule has 3 rings (SSSR count). The van der Waals surface area contributed by atoms with Gasteiger partial charge in [0, 0.05) is 12.7 Å². The molecular weight excluding hydrogens is 442 g/mol. The number of rotatable bonds is 10. The monoisotopic (exact) mass is 473 g/mol. The van der Waals surface area contributed by atoms with Gasteiger partial charge in [-0.3, -0.25) is 0 Å². The van der Waals surface area contributed by atoms with Crippen molar-refractivity contribution in [3.8, 4) is 17.2 Å². The molecule has 0 aliphatic heterocycles. The molecule has 2 aromatic carbocycles. The Morgan fingerprint density at radius 1 is 1.03 bits per heavy atom. The SMILES string of the molecule is CCCCOC(C)(C)c1ccc(S(=O)(=O)c2nnn(-c3cc(OC)ccc3OC)c2C)cc1. The first-order valence-electron chi connectivity index (χ1n) is 10.8. The van der Waals surface area contributed by atoms with E-state index in [1.807, 2.05) is 13.8 Å². The van der Waals surface area contributed by atoms with Gasteiger partial charge in [0.15, 0.2) is 0 Å². The molecule has 178 valence electrons. The van der Waals surface area contributed by atoms with Gasteiger partial charge in [0.2, 0.25) is 14.9 Å². The summed E-state index contributed by atoms with van der Waals surface area (Å²) < 4.78 is 44.8. The molecular formula is C24H31N3O5S. The smallest absolute Gasteiger partial charge is 0.227 e. The molecule has 0 fully saturated rings. The number of hydrogen-bond donors (Lipinski definition) is 0. The summed E-state index contributed by atoms with van der Waals surface area (Å²) in [5.74, 6) is 1.10. The summed E-state index contributed by atoms with van der Waals surface area (Å²) in [5, 5.41) is 7.98. The first kappa shape index (κ1) is 24.7. The van der Waals surface area contributed by atoms with Crippen molar-refractivity contribution >= 4 is 9.84 Å². The third-order valence-electron chi connectivity index (χ3n) is 5.54. The van der Waals surface area contributed by atoms with Crippen LogP contribution in [0.4, 0.5) is 0 Å². The van der Waals surface area contributed by atoms with Gasteiger partial charge in [-0.1, -0.05) is 30.7 Å². The van der Waals surface area contributed by atoms with Crippen molar-refractivity contribution in [1.29, 1.82) is 0 Å². The van der Waals surface area contributed by atoms with Crippen LogP contribution in [0, 0.1) is 6.92 Å². The van der Waals surface area contributed by atoms with E-state index in [0.29, 0.717) is 29.5 Å². The van der Waals surface area contributed by atoms with Gasteiger partial charge >= 0.3 is 0 Å². The van der Waals surface area contributed by atoms with Crippen LogP contribution in [0.25, 0.3) is 5.69 Å². The van der Waals surface area contributed by atoms with Gasteiger partial charge in [0.1, 0.15) is 17.2 Å². The molecule has 0 amide bonds. The Balaban J connectivity index is 1.95. The molecule has 3 aromatic rings. The second-order valence-electron chi connectivity index (χ2n) is 8.17. The van der Waals surface area contributed by atoms with Crippen molar-refractivity contribution in [3.05, 3.63) is 53.7 Å². The predicted octanol–water partition coefficient (Wildman–Crippen LogP) is 4.48. The van der Waals surface area contributed by atoms with Crippen LogP contribution in [0.5, 0.6) is 11.5 Å². The van der Waals surface area contributed by atoms with Crippen LogP contribution >= 0.6 is 0 Å². The topological polar surface area (TPSA) is 92.5 Å². The van der Waals surface area contributed by atoms with Crippen LogP contribution in [0.1, 0.15) is 44.9 Å². The fourth-order valence-electron chi connectivity index (χ4n) is 3.46. The van der Waals surface area contributed by atoms with Crippen molar-refractivity contribution in [1.82, 2.24) is 15.0 Å². The van der Waals surface area contributed by atoms with Gasteiger partial charge in [-0.2, -0.15) is 0 Å². The fourth-order valence-corrected chi connectivity index (χ4v) is 4.79. The zero-order chi connectivity index (χ0) is 24.2. The van der Waals surface area contributed by atoms with E-state index in [4.69, 9.17) is 14.2 Å². The number of benzene rings is 2. The zero-order valence-electron chi connectivity index (χ0n) is 20.0. The van der Waals surface area contributed by atoms with Crippen LogP contribution in [-0.4, -0.2) is 44.2 Å². The van der Waals surface area contributed by atoms with Crippen LogP contribution in [0.3, 0.4) is 0 Å². The van der Waals surface area contributed by atoms with Gasteiger partial charge in [-0.15, -0.1) is 5.10 Å². The molecule has 0 aliphatic carbocycles. The number of sulfone groups is 1. The minimum absolute atomic E-state index is 0.112. The van der Waals surface area contributed by atoms with Crippen molar-refractivity contribution in [2.24, 2.45) is 0 Å². The summed E-state index contributed by atoms with van der Waals surface area (Å²) in [4.78, 5) is 0.142. The standard InChI is InChI=1S/C24H31N3O5S/c1-7-8-15-32-24(3,4)18-9-12-20(13-10-18)33(28,29)23-17(2)27(26-25-23)21-16-19(30-5)11-14-22(21)31-6/h9-14,16H,7-8,15H2,1-6H3. The molecule has 0 spiro atoms. The van der Waals surface area contributed by atoms with E-state index < -0.39 is 15.4 Å². The van der Waals surface area contributed by atoms with E-state index >= 15 is 0 Å². The number of aromatic nitrogens is 3. The molecule has 0 saturated carbocycles. The minimum Gasteiger partial charge on any atom is -0.497 e.